The van der Waals surface area contributed by atoms with Gasteiger partial charge in [0.05, 0.1) is 6.61 Å². The molecule has 3 aliphatic carbocycles. The molecule has 0 aromatic heterocycles. The standard InChI is InChI=1S/C24H30O6/c1-7-28-21(26)17-12(2)18-20(29-24(5,6)30-22(18)27)15(19(17)25)10-13-8-9-14-11-16(13)23(14,3)4/h8,14,16,25H,7,9-11H2,1-6H3/t14-,16-/m0/s1. The van der Waals surface area contributed by atoms with Gasteiger partial charge in [-0.05, 0) is 49.5 Å². The number of carbonyl (C=O) groups excluding carboxylic acids is 2. The van der Waals surface area contributed by atoms with Crippen LogP contribution in [-0.4, -0.2) is 29.4 Å². The molecule has 0 saturated heterocycles. The van der Waals surface area contributed by atoms with E-state index in [1.165, 1.54) is 5.57 Å². The molecule has 2 atom stereocenters. The molecule has 0 amide bonds. The summed E-state index contributed by atoms with van der Waals surface area (Å²) in [6.45, 7) is 11.4. The Hall–Kier alpha value is -2.50. The summed E-state index contributed by atoms with van der Waals surface area (Å²) >= 11 is 0. The van der Waals surface area contributed by atoms with Gasteiger partial charge in [-0.15, -0.1) is 0 Å². The molecule has 0 spiro atoms. The van der Waals surface area contributed by atoms with Gasteiger partial charge in [-0.25, -0.2) is 9.59 Å². The third-order valence-corrected chi connectivity index (χ3v) is 7.11. The molecule has 6 heteroatoms. The summed E-state index contributed by atoms with van der Waals surface area (Å²) in [4.78, 5) is 25.5. The summed E-state index contributed by atoms with van der Waals surface area (Å²) < 4.78 is 16.6. The zero-order chi connectivity index (χ0) is 22.0. The minimum absolute atomic E-state index is 0.00742. The number of ether oxygens (including phenoxy) is 3. The van der Waals surface area contributed by atoms with Crippen LogP contribution < -0.4 is 4.74 Å². The summed E-state index contributed by atoms with van der Waals surface area (Å²) in [6.07, 6.45) is 4.80. The van der Waals surface area contributed by atoms with Crippen LogP contribution in [0.2, 0.25) is 0 Å². The number of benzene rings is 1. The Balaban J connectivity index is 1.87. The molecular formula is C24H30O6. The second-order valence-corrected chi connectivity index (χ2v) is 9.64. The van der Waals surface area contributed by atoms with Crippen molar-refractivity contribution in [3.05, 3.63) is 33.9 Å². The first kappa shape index (κ1) is 20.8. The first-order valence-corrected chi connectivity index (χ1v) is 10.6. The highest BCUT2D eigenvalue weighted by atomic mass is 16.7. The molecule has 5 rings (SSSR count). The van der Waals surface area contributed by atoms with Gasteiger partial charge in [0.25, 0.3) is 0 Å². The molecule has 1 aromatic carbocycles. The number of phenols is 1. The van der Waals surface area contributed by atoms with E-state index in [1.54, 1.807) is 27.7 Å². The highest BCUT2D eigenvalue weighted by molar-refractivity contribution is 6.03. The third kappa shape index (κ3) is 2.99. The second kappa shape index (κ2) is 6.76. The Morgan fingerprint density at radius 3 is 2.57 bits per heavy atom. The quantitative estimate of drug-likeness (QED) is 0.568. The summed E-state index contributed by atoms with van der Waals surface area (Å²) in [5.41, 5.74) is 2.40. The molecule has 1 fully saturated rings. The predicted molar refractivity (Wildman–Crippen MR) is 111 cm³/mol. The SMILES string of the molecule is CCOC(=O)c1c(C)c2c(c(CC3=CC[C@H]4C[C@@H]3C4(C)C)c1O)OC(C)(C)OC2=O. The number of carbonyl (C=O) groups is 2. The van der Waals surface area contributed by atoms with E-state index in [1.807, 2.05) is 0 Å². The number of allylic oxidation sites excluding steroid dienone is 2. The van der Waals surface area contributed by atoms with Crippen LogP contribution >= 0.6 is 0 Å². The van der Waals surface area contributed by atoms with Crippen LogP contribution in [0, 0.1) is 24.2 Å². The van der Waals surface area contributed by atoms with E-state index < -0.39 is 17.7 Å². The van der Waals surface area contributed by atoms with Gasteiger partial charge in [-0.1, -0.05) is 25.5 Å². The van der Waals surface area contributed by atoms with E-state index in [4.69, 9.17) is 14.2 Å². The number of fused-ring (bicyclic) bond motifs is 2. The van der Waals surface area contributed by atoms with Crippen LogP contribution in [0.1, 0.15) is 79.3 Å². The van der Waals surface area contributed by atoms with Gasteiger partial charge in [-0.2, -0.15) is 0 Å². The van der Waals surface area contributed by atoms with Gasteiger partial charge in [0.15, 0.2) is 0 Å². The number of esters is 2. The average molecular weight is 414 g/mol. The van der Waals surface area contributed by atoms with Crippen molar-refractivity contribution in [2.45, 2.75) is 66.6 Å². The number of aromatic hydroxyl groups is 1. The summed E-state index contributed by atoms with van der Waals surface area (Å²) in [6, 6.07) is 0. The smallest absolute Gasteiger partial charge is 0.345 e. The fraction of sp³-hybridized carbons (Fsp3) is 0.583. The van der Waals surface area contributed by atoms with Gasteiger partial charge in [0, 0.05) is 25.8 Å². The Morgan fingerprint density at radius 2 is 1.97 bits per heavy atom. The van der Waals surface area contributed by atoms with Crippen LogP contribution in [-0.2, 0) is 15.9 Å². The molecule has 6 nitrogen and oxygen atoms in total. The maximum Gasteiger partial charge on any atom is 0.345 e. The monoisotopic (exact) mass is 414 g/mol. The molecular weight excluding hydrogens is 384 g/mol. The molecule has 1 saturated carbocycles. The highest BCUT2D eigenvalue weighted by Gasteiger charge is 2.51. The molecule has 0 radical (unpaired) electrons. The van der Waals surface area contributed by atoms with Crippen molar-refractivity contribution in [1.29, 1.82) is 0 Å². The molecule has 0 unspecified atom stereocenters. The van der Waals surface area contributed by atoms with Crippen molar-refractivity contribution in [3.8, 4) is 11.5 Å². The predicted octanol–water partition coefficient (Wildman–Crippen LogP) is 4.70. The number of cyclic esters (lactones) is 1. The lowest BCUT2D eigenvalue weighted by molar-refractivity contribution is -0.128. The summed E-state index contributed by atoms with van der Waals surface area (Å²) in [5, 5.41) is 11.2. The lowest BCUT2D eigenvalue weighted by Gasteiger charge is -2.56. The molecule has 1 N–H and O–H groups in total. The van der Waals surface area contributed by atoms with E-state index in [2.05, 4.69) is 19.9 Å². The molecule has 1 aromatic rings. The number of hydrogen-bond acceptors (Lipinski definition) is 6. The summed E-state index contributed by atoms with van der Waals surface area (Å²) in [5.74, 6) is -1.14. The topological polar surface area (TPSA) is 82.1 Å². The van der Waals surface area contributed by atoms with E-state index in [0.29, 0.717) is 35.1 Å². The number of hydrogen-bond donors (Lipinski definition) is 1. The van der Waals surface area contributed by atoms with E-state index in [0.717, 1.165) is 12.8 Å². The molecule has 2 bridgehead atoms. The zero-order valence-electron chi connectivity index (χ0n) is 18.5. The van der Waals surface area contributed by atoms with Gasteiger partial charge in [0.2, 0.25) is 5.79 Å². The molecule has 30 heavy (non-hydrogen) atoms. The first-order chi connectivity index (χ1) is 14.0. The average Bonchev–Trinajstić information content (AvgIpc) is 2.64. The lowest BCUT2D eigenvalue weighted by atomic mass is 9.48. The lowest BCUT2D eigenvalue weighted by Crippen LogP contribution is -2.48. The van der Waals surface area contributed by atoms with Crippen molar-refractivity contribution in [3.63, 3.8) is 0 Å². The van der Waals surface area contributed by atoms with E-state index in [9.17, 15) is 14.7 Å². The number of phenolic OH excluding ortho intramolecular Hbond substituents is 1. The van der Waals surface area contributed by atoms with Gasteiger partial charge >= 0.3 is 11.9 Å². The van der Waals surface area contributed by atoms with Crippen molar-refractivity contribution < 1.29 is 28.9 Å². The van der Waals surface area contributed by atoms with E-state index >= 15 is 0 Å². The van der Waals surface area contributed by atoms with Crippen LogP contribution in [0.3, 0.4) is 0 Å². The highest BCUT2D eigenvalue weighted by Crippen LogP contribution is 2.60. The first-order valence-electron chi connectivity index (χ1n) is 10.6. The minimum Gasteiger partial charge on any atom is -0.507 e. The van der Waals surface area contributed by atoms with Crippen molar-refractivity contribution in [2.24, 2.45) is 17.3 Å². The van der Waals surface area contributed by atoms with Crippen LogP contribution in [0.25, 0.3) is 0 Å². The van der Waals surface area contributed by atoms with E-state index in [-0.39, 0.29) is 28.9 Å². The second-order valence-electron chi connectivity index (χ2n) is 9.64. The van der Waals surface area contributed by atoms with Gasteiger partial charge < -0.3 is 19.3 Å². The Kier molecular flexibility index (Phi) is 4.68. The Morgan fingerprint density at radius 1 is 1.27 bits per heavy atom. The van der Waals surface area contributed by atoms with Crippen LogP contribution in [0.4, 0.5) is 0 Å². The Bertz CT molecular complexity index is 969. The minimum atomic E-state index is -1.16. The molecule has 1 heterocycles. The molecule has 4 aliphatic rings. The fourth-order valence-corrected chi connectivity index (χ4v) is 5.28. The maximum atomic E-state index is 12.8. The maximum absolute atomic E-state index is 12.8. The Labute approximate surface area is 177 Å². The zero-order valence-corrected chi connectivity index (χ0v) is 18.5. The largest absolute Gasteiger partial charge is 0.507 e. The van der Waals surface area contributed by atoms with Crippen molar-refractivity contribution >= 4 is 11.9 Å². The van der Waals surface area contributed by atoms with Crippen molar-refractivity contribution in [1.82, 2.24) is 0 Å². The fourth-order valence-electron chi connectivity index (χ4n) is 5.28. The normalized spacial score (nSPS) is 25.3. The summed E-state index contributed by atoms with van der Waals surface area (Å²) in [7, 11) is 0. The van der Waals surface area contributed by atoms with Crippen molar-refractivity contribution in [2.75, 3.05) is 6.61 Å². The van der Waals surface area contributed by atoms with Crippen LogP contribution in [0.5, 0.6) is 11.5 Å². The third-order valence-electron chi connectivity index (χ3n) is 7.11. The number of rotatable bonds is 4. The molecule has 162 valence electrons. The van der Waals surface area contributed by atoms with Gasteiger partial charge in [-0.3, -0.25) is 0 Å². The van der Waals surface area contributed by atoms with Crippen LogP contribution in [0.15, 0.2) is 11.6 Å². The molecule has 1 aliphatic heterocycles. The van der Waals surface area contributed by atoms with Gasteiger partial charge in [0.1, 0.15) is 22.6 Å².